The van der Waals surface area contributed by atoms with Gasteiger partial charge in [-0.15, -0.1) is 0 Å². The fourth-order valence-corrected chi connectivity index (χ4v) is 2.07. The van der Waals surface area contributed by atoms with Gasteiger partial charge in [-0.3, -0.25) is 4.79 Å². The number of fused-ring (bicyclic) bond motifs is 1. The normalized spacial score (nSPS) is 10.5. The van der Waals surface area contributed by atoms with Crippen molar-refractivity contribution >= 4 is 44.5 Å². The van der Waals surface area contributed by atoms with E-state index in [4.69, 9.17) is 0 Å². The monoisotopic (exact) mass is 346 g/mol. The zero-order valence-corrected chi connectivity index (χ0v) is 12.4. The highest BCUT2D eigenvalue weighted by molar-refractivity contribution is 9.10. The molecule has 106 valence electrons. The molecule has 0 saturated carbocycles. The van der Waals surface area contributed by atoms with Crippen LogP contribution in [0.5, 0.6) is 0 Å². The number of carbonyl (C=O) groups excluding carboxylic acids is 1. The van der Waals surface area contributed by atoms with Crippen molar-refractivity contribution in [3.63, 3.8) is 0 Å². The quantitative estimate of drug-likeness (QED) is 0.672. The second kappa shape index (κ2) is 5.88. The number of aromatic amines is 1. The van der Waals surface area contributed by atoms with Crippen molar-refractivity contribution in [3.8, 4) is 0 Å². The van der Waals surface area contributed by atoms with Gasteiger partial charge in [-0.25, -0.2) is 15.0 Å². The minimum atomic E-state index is -0.163. The van der Waals surface area contributed by atoms with Crippen LogP contribution in [-0.2, 0) is 4.79 Å². The first kappa shape index (κ1) is 13.5. The largest absolute Gasteiger partial charge is 0.359 e. The lowest BCUT2D eigenvalue weighted by Gasteiger charge is -2.07. The summed E-state index contributed by atoms with van der Waals surface area (Å²) < 4.78 is 0.959. The lowest BCUT2D eigenvalue weighted by molar-refractivity contribution is -0.114. The van der Waals surface area contributed by atoms with Gasteiger partial charge in [-0.2, -0.15) is 0 Å². The Labute approximate surface area is 128 Å². The number of halogens is 1. The molecule has 0 saturated heterocycles. The third-order valence-corrected chi connectivity index (χ3v) is 3.30. The molecule has 0 fully saturated rings. The molecule has 0 radical (unpaired) electrons. The molecule has 7 nitrogen and oxygen atoms in total. The highest BCUT2D eigenvalue weighted by Gasteiger charge is 2.07. The third-order valence-electron chi connectivity index (χ3n) is 2.77. The third kappa shape index (κ3) is 3.16. The molecule has 1 amide bonds. The second-order valence-electron chi connectivity index (χ2n) is 4.23. The van der Waals surface area contributed by atoms with Gasteiger partial charge >= 0.3 is 0 Å². The van der Waals surface area contributed by atoms with Crippen LogP contribution in [-0.4, -0.2) is 32.4 Å². The Morgan fingerprint density at radius 1 is 1.19 bits per heavy atom. The van der Waals surface area contributed by atoms with E-state index in [0.717, 1.165) is 10.2 Å². The maximum Gasteiger partial charge on any atom is 0.243 e. The zero-order chi connectivity index (χ0) is 14.7. The van der Waals surface area contributed by atoms with Crippen molar-refractivity contribution in [2.45, 2.75) is 0 Å². The minimum absolute atomic E-state index is 0.0984. The van der Waals surface area contributed by atoms with Crippen LogP contribution in [0.25, 0.3) is 11.2 Å². The molecule has 3 N–H and O–H groups in total. The van der Waals surface area contributed by atoms with E-state index < -0.39 is 0 Å². The lowest BCUT2D eigenvalue weighted by Crippen LogP contribution is -2.22. The minimum Gasteiger partial charge on any atom is -0.359 e. The smallest absolute Gasteiger partial charge is 0.243 e. The Kier molecular flexibility index (Phi) is 3.78. The molecule has 0 aliphatic carbocycles. The van der Waals surface area contributed by atoms with E-state index in [-0.39, 0.29) is 12.5 Å². The van der Waals surface area contributed by atoms with Gasteiger partial charge in [0.05, 0.1) is 12.9 Å². The number of nitrogens with zero attached hydrogens (tertiary/aromatic N) is 3. The Morgan fingerprint density at radius 3 is 2.81 bits per heavy atom. The molecule has 3 aromatic rings. The molecule has 0 aliphatic heterocycles. The van der Waals surface area contributed by atoms with Crippen LogP contribution in [0.3, 0.4) is 0 Å². The number of aromatic nitrogens is 4. The van der Waals surface area contributed by atoms with Crippen LogP contribution >= 0.6 is 15.9 Å². The first-order chi connectivity index (χ1) is 10.2. The highest BCUT2D eigenvalue weighted by Crippen LogP contribution is 2.15. The Balaban J connectivity index is 1.63. The van der Waals surface area contributed by atoms with Crippen molar-refractivity contribution in [2.24, 2.45) is 0 Å². The van der Waals surface area contributed by atoms with Gasteiger partial charge in [-0.05, 0) is 24.3 Å². The van der Waals surface area contributed by atoms with Gasteiger partial charge in [0, 0.05) is 10.2 Å². The van der Waals surface area contributed by atoms with Crippen molar-refractivity contribution in [3.05, 3.63) is 41.4 Å². The van der Waals surface area contributed by atoms with Crippen LogP contribution in [0.1, 0.15) is 0 Å². The summed E-state index contributed by atoms with van der Waals surface area (Å²) >= 11 is 3.34. The van der Waals surface area contributed by atoms with Crippen molar-refractivity contribution in [2.75, 3.05) is 17.2 Å². The predicted octanol–water partition coefficient (Wildman–Crippen LogP) is 2.17. The molecular formula is C13H11BrN6O. The van der Waals surface area contributed by atoms with E-state index in [2.05, 4.69) is 46.5 Å². The first-order valence-corrected chi connectivity index (χ1v) is 6.95. The van der Waals surface area contributed by atoms with Crippen LogP contribution < -0.4 is 10.6 Å². The number of H-pyrrole nitrogens is 1. The molecule has 0 spiro atoms. The number of hydrogen-bond acceptors (Lipinski definition) is 5. The average molecular weight is 347 g/mol. The molecule has 2 aromatic heterocycles. The van der Waals surface area contributed by atoms with Gasteiger partial charge in [0.2, 0.25) is 5.91 Å². The summed E-state index contributed by atoms with van der Waals surface area (Å²) in [5.74, 6) is 0.382. The number of benzene rings is 1. The molecular weight excluding hydrogens is 336 g/mol. The van der Waals surface area contributed by atoms with E-state index in [1.54, 1.807) is 0 Å². The van der Waals surface area contributed by atoms with Gasteiger partial charge in [-0.1, -0.05) is 15.9 Å². The van der Waals surface area contributed by atoms with Crippen LogP contribution in [0, 0.1) is 0 Å². The Bertz CT molecular complexity index is 770. The number of rotatable bonds is 4. The van der Waals surface area contributed by atoms with E-state index >= 15 is 0 Å². The second-order valence-corrected chi connectivity index (χ2v) is 5.15. The molecule has 8 heteroatoms. The molecule has 2 heterocycles. The number of nitrogens with one attached hydrogen (secondary N) is 3. The summed E-state index contributed by atoms with van der Waals surface area (Å²) in [6.45, 7) is 0.0984. The fraction of sp³-hybridized carbons (Fsp3) is 0.0769. The molecule has 0 bridgehead atoms. The van der Waals surface area contributed by atoms with Crippen LogP contribution in [0.15, 0.2) is 41.4 Å². The van der Waals surface area contributed by atoms with Gasteiger partial charge < -0.3 is 15.6 Å². The summed E-state index contributed by atoms with van der Waals surface area (Å²) in [7, 11) is 0. The summed E-state index contributed by atoms with van der Waals surface area (Å²) in [5, 5.41) is 5.75. The number of hydrogen-bond donors (Lipinski definition) is 3. The van der Waals surface area contributed by atoms with Crippen molar-refractivity contribution < 1.29 is 4.79 Å². The van der Waals surface area contributed by atoms with Crippen molar-refractivity contribution in [1.29, 1.82) is 0 Å². The topological polar surface area (TPSA) is 95.6 Å². The first-order valence-electron chi connectivity index (χ1n) is 6.16. The summed E-state index contributed by atoms with van der Waals surface area (Å²) in [6.07, 6.45) is 2.94. The number of amides is 1. The van der Waals surface area contributed by atoms with Crippen LogP contribution in [0.4, 0.5) is 11.5 Å². The van der Waals surface area contributed by atoms with Crippen molar-refractivity contribution in [1.82, 2.24) is 19.9 Å². The standard InChI is InChI=1S/C13H11BrN6O/c14-8-1-3-9(4-2-8)20-10(21)5-15-12-11-13(17-6-16-11)19-7-18-12/h1-4,6-7H,5H2,(H,20,21)(H2,15,16,17,18,19). The summed E-state index contributed by atoms with van der Waals surface area (Å²) in [4.78, 5) is 27.0. The maximum atomic E-state index is 11.9. The molecule has 1 aromatic carbocycles. The predicted molar refractivity (Wildman–Crippen MR) is 82.9 cm³/mol. The van der Waals surface area contributed by atoms with E-state index in [1.165, 1.54) is 12.7 Å². The lowest BCUT2D eigenvalue weighted by atomic mass is 10.3. The van der Waals surface area contributed by atoms with E-state index in [1.807, 2.05) is 24.3 Å². The van der Waals surface area contributed by atoms with E-state index in [9.17, 15) is 4.79 Å². The zero-order valence-electron chi connectivity index (χ0n) is 10.8. The maximum absolute atomic E-state index is 11.9. The average Bonchev–Trinajstić information content (AvgIpc) is 2.96. The SMILES string of the molecule is O=C(CNc1ncnc2nc[nH]c12)Nc1ccc(Br)cc1. The van der Waals surface area contributed by atoms with Crippen LogP contribution in [0.2, 0.25) is 0 Å². The summed E-state index contributed by atoms with van der Waals surface area (Å²) in [6, 6.07) is 7.36. The van der Waals surface area contributed by atoms with Gasteiger partial charge in [0.1, 0.15) is 11.8 Å². The molecule has 21 heavy (non-hydrogen) atoms. The van der Waals surface area contributed by atoms with E-state index in [0.29, 0.717) is 17.0 Å². The number of carbonyl (C=O) groups is 1. The van der Waals surface area contributed by atoms with Gasteiger partial charge in [0.25, 0.3) is 0 Å². The number of imidazole rings is 1. The fourth-order valence-electron chi connectivity index (χ4n) is 1.80. The Morgan fingerprint density at radius 2 is 2.00 bits per heavy atom. The number of anilines is 2. The van der Waals surface area contributed by atoms with Gasteiger partial charge in [0.15, 0.2) is 11.5 Å². The summed E-state index contributed by atoms with van der Waals surface area (Å²) in [5.41, 5.74) is 1.97. The highest BCUT2D eigenvalue weighted by atomic mass is 79.9. The molecule has 3 rings (SSSR count). The molecule has 0 atom stereocenters. The molecule has 0 unspecified atom stereocenters. The Hall–Kier alpha value is -2.48. The molecule has 0 aliphatic rings.